The number of aliphatic hydroxyl groups excluding tert-OH is 1. The molecule has 1 N–H and O–H groups in total. The minimum atomic E-state index is -0.982. The van der Waals surface area contributed by atoms with Crippen molar-refractivity contribution in [2.45, 2.75) is 172 Å². The van der Waals surface area contributed by atoms with Crippen molar-refractivity contribution in [3.8, 4) is 0 Å². The van der Waals surface area contributed by atoms with Crippen LogP contribution in [0.15, 0.2) is 35.4 Å². The van der Waals surface area contributed by atoms with Gasteiger partial charge in [0.2, 0.25) is 0 Å². The Labute approximate surface area is 374 Å². The van der Waals surface area contributed by atoms with E-state index in [4.69, 9.17) is 21.1 Å². The van der Waals surface area contributed by atoms with Gasteiger partial charge in [0.1, 0.15) is 11.7 Å². The number of hydrogen-bond donors (Lipinski definition) is 1. The van der Waals surface area contributed by atoms with E-state index >= 15 is 0 Å². The van der Waals surface area contributed by atoms with E-state index < -0.39 is 22.5 Å². The van der Waals surface area contributed by atoms with Crippen LogP contribution in [0.5, 0.6) is 0 Å². The number of likely N-dealkylation sites (N-methyl/N-ethyl adjacent to an activating group) is 1. The van der Waals surface area contributed by atoms with Crippen molar-refractivity contribution < 1.29 is 29.0 Å². The first-order chi connectivity index (χ1) is 28.1. The van der Waals surface area contributed by atoms with Crippen molar-refractivity contribution in [1.29, 1.82) is 0 Å². The number of ketones is 1. The van der Waals surface area contributed by atoms with Gasteiger partial charge in [-0.2, -0.15) is 0 Å². The van der Waals surface area contributed by atoms with Gasteiger partial charge >= 0.3 is 11.9 Å². The van der Waals surface area contributed by atoms with Crippen molar-refractivity contribution in [3.63, 3.8) is 0 Å². The monoisotopic (exact) mass is 865 g/mol. The van der Waals surface area contributed by atoms with E-state index in [2.05, 4.69) is 84.5 Å². The Balaban J connectivity index is 1.25. The molecule has 8 nitrogen and oxygen atoms in total. The van der Waals surface area contributed by atoms with Crippen LogP contribution in [-0.4, -0.2) is 84.2 Å². The number of rotatable bonds is 13. The summed E-state index contributed by atoms with van der Waals surface area (Å²) in [6.07, 6.45) is 7.41. The van der Waals surface area contributed by atoms with Crippen LogP contribution >= 0.6 is 11.6 Å². The number of nitrogens with zero attached hydrogens (tertiary/aromatic N) is 2. The van der Waals surface area contributed by atoms with Crippen molar-refractivity contribution in [1.82, 2.24) is 9.80 Å². The molecule has 0 amide bonds. The fourth-order valence-corrected chi connectivity index (χ4v) is 14.3. The first-order valence-electron chi connectivity index (χ1n) is 23.6. The third-order valence-corrected chi connectivity index (χ3v) is 17.7. The summed E-state index contributed by atoms with van der Waals surface area (Å²) < 4.78 is 12.0. The fourth-order valence-electron chi connectivity index (χ4n) is 14.2. The molecule has 5 aliphatic carbocycles. The molecule has 0 spiro atoms. The van der Waals surface area contributed by atoms with Crippen molar-refractivity contribution >= 4 is 29.3 Å². The number of carbonyl (C=O) groups excluding carboxylic acids is 3. The summed E-state index contributed by atoms with van der Waals surface area (Å²) in [6, 6.07) is 8.03. The highest BCUT2D eigenvalue weighted by molar-refractivity contribution is 6.30. The van der Waals surface area contributed by atoms with E-state index in [1.165, 1.54) is 5.57 Å². The van der Waals surface area contributed by atoms with Crippen LogP contribution in [0.4, 0.5) is 0 Å². The van der Waals surface area contributed by atoms with Crippen LogP contribution in [0.25, 0.3) is 0 Å². The Morgan fingerprint density at radius 1 is 0.869 bits per heavy atom. The van der Waals surface area contributed by atoms with Crippen LogP contribution in [0.3, 0.4) is 0 Å². The molecule has 1 aromatic carbocycles. The van der Waals surface area contributed by atoms with Gasteiger partial charge in [0.15, 0.2) is 5.78 Å². The highest BCUT2D eigenvalue weighted by Crippen LogP contribution is 2.77. The van der Waals surface area contributed by atoms with Crippen LogP contribution < -0.4 is 0 Å². The predicted octanol–water partition coefficient (Wildman–Crippen LogP) is 10.7. The van der Waals surface area contributed by atoms with Gasteiger partial charge in [-0.05, 0) is 163 Å². The Kier molecular flexibility index (Phi) is 13.4. The number of esters is 2. The lowest BCUT2D eigenvalue weighted by atomic mass is 9.33. The normalized spacial score (nSPS) is 34.2. The molecule has 0 aliphatic heterocycles. The van der Waals surface area contributed by atoms with Gasteiger partial charge < -0.3 is 19.5 Å². The molecule has 0 bridgehead atoms. The molecule has 9 heteroatoms. The predicted molar refractivity (Wildman–Crippen MR) is 245 cm³/mol. The molecule has 61 heavy (non-hydrogen) atoms. The Morgan fingerprint density at radius 3 is 2.13 bits per heavy atom. The second kappa shape index (κ2) is 16.9. The minimum absolute atomic E-state index is 0.0137. The number of fused-ring (bicyclic) bond motifs is 7. The van der Waals surface area contributed by atoms with E-state index in [0.29, 0.717) is 36.4 Å². The van der Waals surface area contributed by atoms with Gasteiger partial charge in [0.05, 0.1) is 17.9 Å². The standard InChI is InChI=1S/C52H81ClN2O6/c1-33(2)43-37(56)29-52(40(57)32-55(28-27-54(13)14)31-34-15-17-35(53)18-16-34)26-25-50(11)36(44(43)52)19-20-39-49(10)23-22-41(48(8,9)38(49)21-24-51(39,50)12)60-42(58)30-47(6,7)45(59)61-46(3,4)5/h15-18,33,36,38-41,57H,19-32H2,1-14H3/t36-,38+,39-,40?,41+,49+,50-,51-,52?/m1/s1. The molecule has 0 radical (unpaired) electrons. The zero-order valence-corrected chi connectivity index (χ0v) is 41.2. The lowest BCUT2D eigenvalue weighted by Crippen LogP contribution is -2.66. The average molecular weight is 866 g/mol. The first-order valence-corrected chi connectivity index (χ1v) is 24.0. The second-order valence-electron chi connectivity index (χ2n) is 23.9. The highest BCUT2D eigenvalue weighted by atomic mass is 35.5. The molecule has 9 atom stereocenters. The number of Topliss-reactive ketones (excluding diaryl/α,β-unsaturated/α-hetero) is 1. The second-order valence-corrected chi connectivity index (χ2v) is 24.4. The quantitative estimate of drug-likeness (QED) is 0.196. The molecule has 0 heterocycles. The summed E-state index contributed by atoms with van der Waals surface area (Å²) in [4.78, 5) is 45.6. The lowest BCUT2D eigenvalue weighted by Gasteiger charge is -2.72. The zero-order valence-electron chi connectivity index (χ0n) is 40.4. The number of hydrogen-bond acceptors (Lipinski definition) is 8. The topological polar surface area (TPSA) is 96.4 Å². The SMILES string of the molecule is CC(C)C1=C2[C@H]3CC[C@@H]4[C@@]5(C)CC[C@H](OC(=O)CC(C)(C)C(=O)OC(C)(C)C)C(C)(C)[C@@H]5CC[C@@]4(C)[C@]3(C)CCC2(C(O)CN(CCN(C)C)Cc2ccc(Cl)cc2)CC1=O. The Bertz CT molecular complexity index is 1850. The smallest absolute Gasteiger partial charge is 0.312 e. The van der Waals surface area contributed by atoms with Crippen LogP contribution in [0, 0.1) is 56.2 Å². The Morgan fingerprint density at radius 2 is 1.52 bits per heavy atom. The summed E-state index contributed by atoms with van der Waals surface area (Å²) in [5.74, 6) is 0.743. The number of aliphatic hydroxyl groups is 1. The van der Waals surface area contributed by atoms with E-state index in [1.807, 2.05) is 32.9 Å². The maximum absolute atomic E-state index is 14.4. The van der Waals surface area contributed by atoms with Crippen molar-refractivity contribution in [2.24, 2.45) is 56.2 Å². The maximum Gasteiger partial charge on any atom is 0.312 e. The number of carbonyl (C=O) groups is 3. The molecule has 1 aromatic rings. The third-order valence-electron chi connectivity index (χ3n) is 17.5. The molecule has 342 valence electrons. The number of halogens is 1. The molecule has 4 fully saturated rings. The van der Waals surface area contributed by atoms with E-state index in [1.54, 1.807) is 13.8 Å². The van der Waals surface area contributed by atoms with Crippen LogP contribution in [-0.2, 0) is 30.4 Å². The van der Waals surface area contributed by atoms with E-state index in [9.17, 15) is 19.5 Å². The zero-order chi connectivity index (χ0) is 45.3. The average Bonchev–Trinajstić information content (AvgIpc) is 3.45. The maximum atomic E-state index is 14.4. The van der Waals surface area contributed by atoms with Gasteiger partial charge in [-0.25, -0.2) is 0 Å². The molecule has 5 aliphatic rings. The van der Waals surface area contributed by atoms with Gasteiger partial charge in [0.25, 0.3) is 0 Å². The van der Waals surface area contributed by atoms with Crippen LogP contribution in [0.1, 0.15) is 153 Å². The summed E-state index contributed by atoms with van der Waals surface area (Å²) in [5.41, 5.74) is 1.16. The van der Waals surface area contributed by atoms with E-state index in [0.717, 1.165) is 75.6 Å². The van der Waals surface area contributed by atoms with Gasteiger partial charge in [0, 0.05) is 48.5 Å². The highest BCUT2D eigenvalue weighted by Gasteiger charge is 2.71. The largest absolute Gasteiger partial charge is 0.462 e. The van der Waals surface area contributed by atoms with Gasteiger partial charge in [-0.15, -0.1) is 0 Å². The molecule has 0 saturated heterocycles. The molecule has 4 saturated carbocycles. The molecule has 6 rings (SSSR count). The first kappa shape index (κ1) is 48.2. The Hall–Kier alpha value is -2.26. The number of benzene rings is 1. The number of ether oxygens (including phenoxy) is 2. The molecular formula is C52H81ClN2O6. The molecular weight excluding hydrogens is 784 g/mol. The summed E-state index contributed by atoms with van der Waals surface area (Å²) in [7, 11) is 4.18. The summed E-state index contributed by atoms with van der Waals surface area (Å²) in [6.45, 7) is 28.7. The summed E-state index contributed by atoms with van der Waals surface area (Å²) in [5, 5.41) is 13.5. The lowest BCUT2D eigenvalue weighted by molar-refractivity contribution is -0.235. The van der Waals surface area contributed by atoms with Crippen molar-refractivity contribution in [3.05, 3.63) is 46.0 Å². The van der Waals surface area contributed by atoms with Gasteiger partial charge in [-0.1, -0.05) is 77.8 Å². The molecule has 2 unspecified atom stereocenters. The van der Waals surface area contributed by atoms with Crippen molar-refractivity contribution in [2.75, 3.05) is 33.7 Å². The van der Waals surface area contributed by atoms with Gasteiger partial charge in [-0.3, -0.25) is 19.3 Å². The minimum Gasteiger partial charge on any atom is -0.462 e. The van der Waals surface area contributed by atoms with E-state index in [-0.39, 0.29) is 63.7 Å². The third kappa shape index (κ3) is 8.80. The molecule has 0 aromatic heterocycles. The summed E-state index contributed by atoms with van der Waals surface area (Å²) >= 11 is 6.26. The number of allylic oxidation sites excluding steroid dienone is 1. The fraction of sp³-hybridized carbons (Fsp3) is 0.788. The van der Waals surface area contributed by atoms with Crippen LogP contribution in [0.2, 0.25) is 5.02 Å².